The lowest BCUT2D eigenvalue weighted by molar-refractivity contribution is -0.111. The minimum Gasteiger partial charge on any atom is -0.375 e. The van der Waals surface area contributed by atoms with Crippen LogP contribution in [0, 0.1) is 12.8 Å². The Balaban J connectivity index is 1.74. The number of aryl methyl sites for hydroxylation is 1. The maximum absolute atomic E-state index is 12.7. The van der Waals surface area contributed by atoms with Crippen molar-refractivity contribution in [3.63, 3.8) is 0 Å². The first-order valence-corrected chi connectivity index (χ1v) is 8.35. The summed E-state index contributed by atoms with van der Waals surface area (Å²) in [5.41, 5.74) is 2.11. The predicted molar refractivity (Wildman–Crippen MR) is 77.9 cm³/mol. The molecule has 1 aliphatic carbocycles. The Labute approximate surface area is 119 Å². The van der Waals surface area contributed by atoms with Crippen LogP contribution in [0.3, 0.4) is 0 Å². The van der Waals surface area contributed by atoms with Gasteiger partial charge in [0.2, 0.25) is 0 Å². The van der Waals surface area contributed by atoms with Gasteiger partial charge in [-0.05, 0) is 43.6 Å². The smallest absolute Gasteiger partial charge is 0.167 e. The average molecular weight is 278 g/mol. The van der Waals surface area contributed by atoms with Crippen LogP contribution in [-0.4, -0.2) is 18.0 Å². The zero-order valence-electron chi connectivity index (χ0n) is 11.6. The van der Waals surface area contributed by atoms with E-state index in [1.807, 2.05) is 12.3 Å². The van der Waals surface area contributed by atoms with Crippen molar-refractivity contribution < 1.29 is 9.53 Å². The molecule has 1 spiro atoms. The molecule has 1 atom stereocenters. The first-order chi connectivity index (χ1) is 9.20. The van der Waals surface area contributed by atoms with Crippen LogP contribution in [0.1, 0.15) is 60.9 Å². The Morgan fingerprint density at radius 1 is 1.32 bits per heavy atom. The van der Waals surface area contributed by atoms with Gasteiger partial charge in [0.05, 0.1) is 5.60 Å². The van der Waals surface area contributed by atoms with E-state index in [1.54, 1.807) is 11.3 Å². The minimum atomic E-state index is 0.0285. The second-order valence-corrected chi connectivity index (χ2v) is 6.86. The molecule has 104 valence electrons. The van der Waals surface area contributed by atoms with E-state index in [0.29, 0.717) is 5.78 Å². The van der Waals surface area contributed by atoms with Crippen LogP contribution in [-0.2, 0) is 4.74 Å². The van der Waals surface area contributed by atoms with Crippen molar-refractivity contribution in [2.75, 3.05) is 6.61 Å². The van der Waals surface area contributed by atoms with Crippen LogP contribution in [0.15, 0.2) is 10.8 Å². The molecule has 0 radical (unpaired) electrons. The van der Waals surface area contributed by atoms with E-state index in [-0.39, 0.29) is 11.5 Å². The normalized spacial score (nSPS) is 26.5. The molecule has 1 saturated heterocycles. The van der Waals surface area contributed by atoms with Crippen LogP contribution in [0.4, 0.5) is 0 Å². The third kappa shape index (κ3) is 2.63. The molecule has 2 nitrogen and oxygen atoms in total. The highest BCUT2D eigenvalue weighted by Gasteiger charge is 2.40. The first kappa shape index (κ1) is 13.3. The molecule has 0 aromatic carbocycles. The van der Waals surface area contributed by atoms with Crippen molar-refractivity contribution in [3.8, 4) is 0 Å². The third-order valence-corrected chi connectivity index (χ3v) is 5.61. The van der Waals surface area contributed by atoms with Gasteiger partial charge in [0.1, 0.15) is 0 Å². The molecular weight excluding hydrogens is 256 g/mol. The fourth-order valence-electron chi connectivity index (χ4n) is 3.63. The summed E-state index contributed by atoms with van der Waals surface area (Å²) >= 11 is 1.63. The Kier molecular flexibility index (Phi) is 3.77. The van der Waals surface area contributed by atoms with Gasteiger partial charge < -0.3 is 4.74 Å². The highest BCUT2D eigenvalue weighted by Crippen LogP contribution is 2.41. The zero-order valence-corrected chi connectivity index (χ0v) is 12.4. The Bertz CT molecular complexity index is 452. The topological polar surface area (TPSA) is 26.3 Å². The van der Waals surface area contributed by atoms with E-state index < -0.39 is 0 Å². The molecule has 1 unspecified atom stereocenters. The van der Waals surface area contributed by atoms with Crippen molar-refractivity contribution in [2.24, 2.45) is 5.92 Å². The van der Waals surface area contributed by atoms with E-state index in [2.05, 4.69) is 5.38 Å². The Morgan fingerprint density at radius 2 is 2.11 bits per heavy atom. The van der Waals surface area contributed by atoms with Gasteiger partial charge in [-0.15, -0.1) is 0 Å². The van der Waals surface area contributed by atoms with E-state index in [9.17, 15) is 4.79 Å². The molecule has 0 amide bonds. The molecule has 1 aromatic rings. The van der Waals surface area contributed by atoms with E-state index in [0.717, 1.165) is 43.4 Å². The molecule has 0 bridgehead atoms. The van der Waals surface area contributed by atoms with Crippen molar-refractivity contribution >= 4 is 17.1 Å². The number of Topliss-reactive ketones (excluding diaryl/α,β-unsaturated/α-hetero) is 1. The number of carbonyl (C=O) groups is 1. The van der Waals surface area contributed by atoms with E-state index in [4.69, 9.17) is 4.74 Å². The molecule has 2 fully saturated rings. The zero-order chi connectivity index (χ0) is 13.3. The van der Waals surface area contributed by atoms with Crippen LogP contribution < -0.4 is 0 Å². The molecule has 2 aliphatic rings. The van der Waals surface area contributed by atoms with Gasteiger partial charge in [0.15, 0.2) is 5.78 Å². The van der Waals surface area contributed by atoms with Gasteiger partial charge >= 0.3 is 0 Å². The fraction of sp³-hybridized carbons (Fsp3) is 0.688. The van der Waals surface area contributed by atoms with Crippen LogP contribution in [0.25, 0.3) is 0 Å². The number of rotatable bonds is 2. The Morgan fingerprint density at radius 3 is 2.79 bits per heavy atom. The van der Waals surface area contributed by atoms with Gasteiger partial charge in [0.25, 0.3) is 0 Å². The van der Waals surface area contributed by atoms with Crippen molar-refractivity contribution in [1.29, 1.82) is 0 Å². The summed E-state index contributed by atoms with van der Waals surface area (Å²) in [4.78, 5) is 12.7. The van der Waals surface area contributed by atoms with Gasteiger partial charge in [0, 0.05) is 23.5 Å². The molecule has 19 heavy (non-hydrogen) atoms. The van der Waals surface area contributed by atoms with Gasteiger partial charge in [-0.25, -0.2) is 0 Å². The SMILES string of the molecule is Cc1cscc1C(=O)C1CCOC2(CCCCC2)C1. The summed E-state index contributed by atoms with van der Waals surface area (Å²) in [5.74, 6) is 0.534. The van der Waals surface area contributed by atoms with Gasteiger partial charge in [-0.3, -0.25) is 4.79 Å². The lowest BCUT2D eigenvalue weighted by Gasteiger charge is -2.43. The summed E-state index contributed by atoms with van der Waals surface area (Å²) in [6.45, 7) is 2.80. The van der Waals surface area contributed by atoms with Gasteiger partial charge in [-0.2, -0.15) is 11.3 Å². The summed E-state index contributed by atoms with van der Waals surface area (Å²) in [6.07, 6.45) is 8.00. The molecule has 3 rings (SSSR count). The number of hydrogen-bond acceptors (Lipinski definition) is 3. The van der Waals surface area contributed by atoms with Crippen molar-refractivity contribution in [1.82, 2.24) is 0 Å². The summed E-state index contributed by atoms with van der Waals surface area (Å²) in [6, 6.07) is 0. The standard InChI is InChI=1S/C16H22O2S/c1-12-10-19-11-14(12)15(17)13-5-8-18-16(9-13)6-3-2-4-7-16/h10-11,13H,2-9H2,1H3. The van der Waals surface area contributed by atoms with Crippen molar-refractivity contribution in [2.45, 2.75) is 57.5 Å². The van der Waals surface area contributed by atoms with Crippen LogP contribution in [0.2, 0.25) is 0 Å². The molecule has 0 N–H and O–H groups in total. The molecule has 1 aliphatic heterocycles. The summed E-state index contributed by atoms with van der Waals surface area (Å²) in [7, 11) is 0. The number of hydrogen-bond donors (Lipinski definition) is 0. The Hall–Kier alpha value is -0.670. The van der Waals surface area contributed by atoms with Crippen molar-refractivity contribution in [3.05, 3.63) is 21.9 Å². The average Bonchev–Trinajstić information content (AvgIpc) is 2.85. The molecular formula is C16H22O2S. The lowest BCUT2D eigenvalue weighted by atomic mass is 9.74. The summed E-state index contributed by atoms with van der Waals surface area (Å²) < 4.78 is 6.08. The second kappa shape index (κ2) is 5.37. The number of ketones is 1. The predicted octanol–water partition coefficient (Wildman–Crippen LogP) is 4.37. The number of ether oxygens (including phenoxy) is 1. The highest BCUT2D eigenvalue weighted by molar-refractivity contribution is 7.08. The largest absolute Gasteiger partial charge is 0.375 e. The minimum absolute atomic E-state index is 0.0285. The second-order valence-electron chi connectivity index (χ2n) is 6.11. The first-order valence-electron chi connectivity index (χ1n) is 7.41. The quantitative estimate of drug-likeness (QED) is 0.751. The van der Waals surface area contributed by atoms with Gasteiger partial charge in [-0.1, -0.05) is 19.3 Å². The number of carbonyl (C=O) groups excluding carboxylic acids is 1. The lowest BCUT2D eigenvalue weighted by Crippen LogP contribution is -2.43. The van der Waals surface area contributed by atoms with E-state index in [1.165, 1.54) is 19.3 Å². The maximum Gasteiger partial charge on any atom is 0.167 e. The molecule has 1 aromatic heterocycles. The summed E-state index contributed by atoms with van der Waals surface area (Å²) in [5, 5.41) is 4.09. The van der Waals surface area contributed by atoms with E-state index >= 15 is 0 Å². The maximum atomic E-state index is 12.7. The number of thiophene rings is 1. The van der Waals surface area contributed by atoms with Crippen LogP contribution in [0.5, 0.6) is 0 Å². The molecule has 2 heterocycles. The monoisotopic (exact) mass is 278 g/mol. The highest BCUT2D eigenvalue weighted by atomic mass is 32.1. The molecule has 3 heteroatoms. The third-order valence-electron chi connectivity index (χ3n) is 4.75. The fourth-order valence-corrected chi connectivity index (χ4v) is 4.47. The van der Waals surface area contributed by atoms with Crippen LogP contribution >= 0.6 is 11.3 Å². The molecule has 1 saturated carbocycles.